The van der Waals surface area contributed by atoms with Crippen LogP contribution in [0.4, 0.5) is 0 Å². The lowest BCUT2D eigenvalue weighted by atomic mass is 10.2. The van der Waals surface area contributed by atoms with Gasteiger partial charge in [0.2, 0.25) is 5.91 Å². The Hall–Kier alpha value is -3.06. The molecule has 4 rings (SSSR count). The molecule has 1 amide bonds. The SMILES string of the molecule is O=C(Cn1ncc2ccccc2c1=O)NCc1cc(Cl)c2c(c1)OCCCO2. The molecule has 7 nitrogen and oxygen atoms in total. The molecule has 0 saturated heterocycles. The van der Waals surface area contributed by atoms with Crippen molar-refractivity contribution >= 4 is 28.3 Å². The van der Waals surface area contributed by atoms with Crippen LogP contribution in [0.15, 0.2) is 47.4 Å². The van der Waals surface area contributed by atoms with Crippen LogP contribution in [-0.2, 0) is 17.9 Å². The van der Waals surface area contributed by atoms with Gasteiger partial charge in [-0.1, -0.05) is 29.8 Å². The minimum absolute atomic E-state index is 0.165. The number of nitrogens with zero attached hydrogens (tertiary/aromatic N) is 2. The van der Waals surface area contributed by atoms with E-state index < -0.39 is 0 Å². The molecule has 2 heterocycles. The number of rotatable bonds is 4. The van der Waals surface area contributed by atoms with E-state index in [0.717, 1.165) is 22.1 Å². The van der Waals surface area contributed by atoms with E-state index in [1.165, 1.54) is 0 Å². The quantitative estimate of drug-likeness (QED) is 0.729. The Bertz CT molecular complexity index is 1100. The number of halogens is 1. The lowest BCUT2D eigenvalue weighted by molar-refractivity contribution is -0.122. The van der Waals surface area contributed by atoms with Crippen molar-refractivity contribution < 1.29 is 14.3 Å². The number of hydrogen-bond donors (Lipinski definition) is 1. The second-order valence-electron chi connectivity index (χ2n) is 6.43. The number of fused-ring (bicyclic) bond motifs is 2. The molecule has 0 bridgehead atoms. The average molecular weight is 400 g/mol. The van der Waals surface area contributed by atoms with Gasteiger partial charge in [0.1, 0.15) is 6.54 Å². The predicted octanol–water partition coefficient (Wildman–Crippen LogP) is 2.53. The fourth-order valence-electron chi connectivity index (χ4n) is 3.02. The van der Waals surface area contributed by atoms with Gasteiger partial charge in [0.25, 0.3) is 5.56 Å². The number of aromatic nitrogens is 2. The first kappa shape index (κ1) is 18.3. The van der Waals surface area contributed by atoms with Gasteiger partial charge in [0, 0.05) is 18.4 Å². The van der Waals surface area contributed by atoms with Crippen LogP contribution in [-0.4, -0.2) is 28.9 Å². The van der Waals surface area contributed by atoms with Gasteiger partial charge < -0.3 is 14.8 Å². The molecular formula is C20H18ClN3O4. The van der Waals surface area contributed by atoms with Crippen molar-refractivity contribution in [3.63, 3.8) is 0 Å². The standard InChI is InChI=1S/C20H18ClN3O4/c21-16-8-13(9-17-19(16)28-7-3-6-27-17)10-22-18(25)12-24-20(26)15-5-2-1-4-14(15)11-23-24/h1-2,4-5,8-9,11H,3,6-7,10,12H2,(H,22,25). The number of nitrogens with one attached hydrogen (secondary N) is 1. The van der Waals surface area contributed by atoms with Crippen LogP contribution in [0.2, 0.25) is 5.02 Å². The highest BCUT2D eigenvalue weighted by atomic mass is 35.5. The molecule has 0 spiro atoms. The highest BCUT2D eigenvalue weighted by Gasteiger charge is 2.16. The van der Waals surface area contributed by atoms with Crippen LogP contribution in [0, 0.1) is 0 Å². The Labute approximate surface area is 165 Å². The molecule has 0 saturated carbocycles. The van der Waals surface area contributed by atoms with E-state index in [0.29, 0.717) is 35.1 Å². The number of benzene rings is 2. The van der Waals surface area contributed by atoms with Gasteiger partial charge in [-0.3, -0.25) is 9.59 Å². The summed E-state index contributed by atoms with van der Waals surface area (Å²) >= 11 is 6.27. The van der Waals surface area contributed by atoms with E-state index >= 15 is 0 Å². The molecule has 0 radical (unpaired) electrons. The molecule has 28 heavy (non-hydrogen) atoms. The van der Waals surface area contributed by atoms with Crippen molar-refractivity contribution in [2.75, 3.05) is 13.2 Å². The zero-order chi connectivity index (χ0) is 19.5. The Morgan fingerprint density at radius 1 is 1.21 bits per heavy atom. The average Bonchev–Trinajstić information content (AvgIpc) is 2.95. The summed E-state index contributed by atoms with van der Waals surface area (Å²) in [5.74, 6) is 0.774. The smallest absolute Gasteiger partial charge is 0.275 e. The molecule has 0 fully saturated rings. The molecule has 3 aromatic rings. The molecule has 2 aromatic carbocycles. The molecule has 8 heteroatoms. The molecular weight excluding hydrogens is 382 g/mol. The Morgan fingerprint density at radius 2 is 2.04 bits per heavy atom. The van der Waals surface area contributed by atoms with Crippen LogP contribution in [0.5, 0.6) is 11.5 Å². The summed E-state index contributed by atoms with van der Waals surface area (Å²) in [5.41, 5.74) is 0.480. The van der Waals surface area contributed by atoms with Crippen molar-refractivity contribution in [1.82, 2.24) is 15.1 Å². The first-order valence-electron chi connectivity index (χ1n) is 8.91. The summed E-state index contributed by atoms with van der Waals surface area (Å²) in [6.07, 6.45) is 2.36. The van der Waals surface area contributed by atoms with Crippen LogP contribution in [0.3, 0.4) is 0 Å². The third-order valence-electron chi connectivity index (χ3n) is 4.41. The van der Waals surface area contributed by atoms with Crippen molar-refractivity contribution in [1.29, 1.82) is 0 Å². The van der Waals surface area contributed by atoms with Crippen molar-refractivity contribution in [2.24, 2.45) is 0 Å². The number of carbonyl (C=O) groups is 1. The van der Waals surface area contributed by atoms with E-state index in [-0.39, 0.29) is 24.6 Å². The van der Waals surface area contributed by atoms with Crippen LogP contribution >= 0.6 is 11.6 Å². The first-order valence-corrected chi connectivity index (χ1v) is 9.29. The maximum atomic E-state index is 12.4. The predicted molar refractivity (Wildman–Crippen MR) is 105 cm³/mol. The molecule has 0 aliphatic carbocycles. The van der Waals surface area contributed by atoms with E-state index in [4.69, 9.17) is 21.1 Å². The van der Waals surface area contributed by atoms with Gasteiger partial charge in [-0.15, -0.1) is 0 Å². The van der Waals surface area contributed by atoms with Gasteiger partial charge >= 0.3 is 0 Å². The second-order valence-corrected chi connectivity index (χ2v) is 6.83. The van der Waals surface area contributed by atoms with Crippen molar-refractivity contribution in [3.8, 4) is 11.5 Å². The molecule has 1 aliphatic rings. The lowest BCUT2D eigenvalue weighted by Gasteiger charge is -2.12. The van der Waals surface area contributed by atoms with Crippen molar-refractivity contribution in [2.45, 2.75) is 19.5 Å². The number of hydrogen-bond acceptors (Lipinski definition) is 5. The number of carbonyl (C=O) groups excluding carboxylic acids is 1. The largest absolute Gasteiger partial charge is 0.489 e. The molecule has 1 aliphatic heterocycles. The lowest BCUT2D eigenvalue weighted by Crippen LogP contribution is -2.33. The van der Waals surface area contributed by atoms with E-state index in [9.17, 15) is 9.59 Å². The fourth-order valence-corrected chi connectivity index (χ4v) is 3.31. The van der Waals surface area contributed by atoms with E-state index in [2.05, 4.69) is 10.4 Å². The number of amides is 1. The first-order chi connectivity index (χ1) is 13.6. The fraction of sp³-hybridized carbons (Fsp3) is 0.250. The zero-order valence-electron chi connectivity index (χ0n) is 15.0. The topological polar surface area (TPSA) is 82.5 Å². The van der Waals surface area contributed by atoms with Gasteiger partial charge in [-0.05, 0) is 23.8 Å². The summed E-state index contributed by atoms with van der Waals surface area (Å²) in [7, 11) is 0. The molecule has 144 valence electrons. The Morgan fingerprint density at radius 3 is 2.93 bits per heavy atom. The number of ether oxygens (including phenoxy) is 2. The van der Waals surface area contributed by atoms with Gasteiger partial charge in [-0.25, -0.2) is 4.68 Å². The molecule has 1 aromatic heterocycles. The molecule has 1 N–H and O–H groups in total. The van der Waals surface area contributed by atoms with Crippen molar-refractivity contribution in [3.05, 3.63) is 63.5 Å². The Balaban J connectivity index is 1.45. The van der Waals surface area contributed by atoms with Gasteiger partial charge in [-0.2, -0.15) is 5.10 Å². The minimum Gasteiger partial charge on any atom is -0.489 e. The molecule has 0 atom stereocenters. The highest BCUT2D eigenvalue weighted by Crippen LogP contribution is 2.37. The third-order valence-corrected chi connectivity index (χ3v) is 4.69. The monoisotopic (exact) mass is 399 g/mol. The zero-order valence-corrected chi connectivity index (χ0v) is 15.7. The minimum atomic E-state index is -0.326. The maximum Gasteiger partial charge on any atom is 0.275 e. The molecule has 0 unspecified atom stereocenters. The normalized spacial score (nSPS) is 13.2. The summed E-state index contributed by atoms with van der Waals surface area (Å²) < 4.78 is 12.4. The Kier molecular flexibility index (Phi) is 5.16. The third kappa shape index (κ3) is 3.80. The van der Waals surface area contributed by atoms with Crippen LogP contribution < -0.4 is 20.3 Å². The van der Waals surface area contributed by atoms with Crippen LogP contribution in [0.1, 0.15) is 12.0 Å². The van der Waals surface area contributed by atoms with E-state index in [1.54, 1.807) is 30.5 Å². The van der Waals surface area contributed by atoms with Gasteiger partial charge in [0.15, 0.2) is 11.5 Å². The summed E-state index contributed by atoms with van der Waals surface area (Å²) in [6.45, 7) is 1.19. The summed E-state index contributed by atoms with van der Waals surface area (Å²) in [5, 5.41) is 8.56. The summed E-state index contributed by atoms with van der Waals surface area (Å²) in [4.78, 5) is 24.8. The van der Waals surface area contributed by atoms with Gasteiger partial charge in [0.05, 0.1) is 29.8 Å². The second kappa shape index (κ2) is 7.90. The maximum absolute atomic E-state index is 12.4. The summed E-state index contributed by atoms with van der Waals surface area (Å²) in [6, 6.07) is 10.7. The highest BCUT2D eigenvalue weighted by molar-refractivity contribution is 6.32. The van der Waals surface area contributed by atoms with Crippen LogP contribution in [0.25, 0.3) is 10.8 Å². The van der Waals surface area contributed by atoms with E-state index in [1.807, 2.05) is 12.1 Å².